The van der Waals surface area contributed by atoms with E-state index in [2.05, 4.69) is 19.2 Å². The highest BCUT2D eigenvalue weighted by atomic mass is 16.4. The molecule has 0 fully saturated rings. The Kier molecular flexibility index (Phi) is 6.71. The van der Waals surface area contributed by atoms with Gasteiger partial charge in [0.1, 0.15) is 17.1 Å². The Morgan fingerprint density at radius 2 is 1.81 bits per heavy atom. The lowest BCUT2D eigenvalue weighted by atomic mass is 10.2. The highest BCUT2D eigenvalue weighted by Crippen LogP contribution is 2.21. The van der Waals surface area contributed by atoms with Gasteiger partial charge < -0.3 is 20.6 Å². The van der Waals surface area contributed by atoms with E-state index < -0.39 is 5.97 Å². The SMILES string of the molecule is CCNCC.O=C(O)c1cc(O)ccc1O. The maximum absolute atomic E-state index is 10.3. The number of carboxylic acid groups (broad SMARTS) is 1. The first-order chi connectivity index (χ1) is 7.52. The molecule has 0 saturated carbocycles. The van der Waals surface area contributed by atoms with Crippen LogP contribution in [0.5, 0.6) is 11.5 Å². The van der Waals surface area contributed by atoms with Crippen LogP contribution in [-0.2, 0) is 0 Å². The van der Waals surface area contributed by atoms with Gasteiger partial charge in [-0.15, -0.1) is 0 Å². The zero-order valence-electron chi connectivity index (χ0n) is 9.40. The normalized spacial score (nSPS) is 9.12. The fourth-order valence-corrected chi connectivity index (χ4v) is 0.945. The summed E-state index contributed by atoms with van der Waals surface area (Å²) in [4.78, 5) is 10.3. The summed E-state index contributed by atoms with van der Waals surface area (Å²) in [5.74, 6) is -1.80. The molecule has 0 aliphatic rings. The fraction of sp³-hybridized carbons (Fsp3) is 0.364. The van der Waals surface area contributed by atoms with E-state index in [9.17, 15) is 4.79 Å². The second-order valence-corrected chi connectivity index (χ2v) is 2.96. The van der Waals surface area contributed by atoms with E-state index in [-0.39, 0.29) is 17.1 Å². The zero-order chi connectivity index (χ0) is 12.6. The number of aromatic carboxylic acids is 1. The topological polar surface area (TPSA) is 89.8 Å². The molecule has 5 nitrogen and oxygen atoms in total. The average molecular weight is 227 g/mol. The summed E-state index contributed by atoms with van der Waals surface area (Å²) in [6.45, 7) is 6.39. The van der Waals surface area contributed by atoms with Crippen LogP contribution >= 0.6 is 0 Å². The van der Waals surface area contributed by atoms with Crippen molar-refractivity contribution in [3.8, 4) is 11.5 Å². The molecule has 90 valence electrons. The summed E-state index contributed by atoms with van der Waals surface area (Å²) in [5, 5.41) is 29.3. The van der Waals surface area contributed by atoms with E-state index in [0.717, 1.165) is 25.2 Å². The van der Waals surface area contributed by atoms with Crippen molar-refractivity contribution in [1.82, 2.24) is 5.32 Å². The summed E-state index contributed by atoms with van der Waals surface area (Å²) >= 11 is 0. The lowest BCUT2D eigenvalue weighted by Gasteiger charge is -1.98. The number of hydrogen-bond donors (Lipinski definition) is 4. The van der Waals surface area contributed by atoms with Crippen LogP contribution in [0, 0.1) is 0 Å². The van der Waals surface area contributed by atoms with Gasteiger partial charge in [0, 0.05) is 0 Å². The Hall–Kier alpha value is -1.75. The van der Waals surface area contributed by atoms with Gasteiger partial charge in [0.2, 0.25) is 0 Å². The lowest BCUT2D eigenvalue weighted by Crippen LogP contribution is -2.09. The first-order valence-corrected chi connectivity index (χ1v) is 4.98. The number of nitrogens with one attached hydrogen (secondary N) is 1. The molecule has 1 rings (SSSR count). The van der Waals surface area contributed by atoms with Crippen LogP contribution in [0.4, 0.5) is 0 Å². The van der Waals surface area contributed by atoms with E-state index in [1.165, 1.54) is 6.07 Å². The van der Waals surface area contributed by atoms with Gasteiger partial charge in [-0.2, -0.15) is 0 Å². The third-order valence-electron chi connectivity index (χ3n) is 1.71. The Labute approximate surface area is 94.4 Å². The molecular formula is C11H17NO4. The van der Waals surface area contributed by atoms with Gasteiger partial charge in [-0.3, -0.25) is 0 Å². The number of rotatable bonds is 3. The number of aromatic hydroxyl groups is 2. The highest BCUT2D eigenvalue weighted by molar-refractivity contribution is 5.91. The standard InChI is InChI=1S/C7H6O4.C4H11N/c8-4-1-2-6(9)5(3-4)7(10)11;1-3-5-4-2/h1-3,8-9H,(H,10,11);5H,3-4H2,1-2H3. The van der Waals surface area contributed by atoms with Crippen molar-refractivity contribution >= 4 is 5.97 Å². The summed E-state index contributed by atoms with van der Waals surface area (Å²) in [6.07, 6.45) is 0. The van der Waals surface area contributed by atoms with Crippen molar-refractivity contribution in [1.29, 1.82) is 0 Å². The molecule has 0 amide bonds. The molecule has 0 aliphatic carbocycles. The minimum Gasteiger partial charge on any atom is -0.508 e. The lowest BCUT2D eigenvalue weighted by molar-refractivity contribution is 0.0693. The van der Waals surface area contributed by atoms with Crippen LogP contribution in [0.2, 0.25) is 0 Å². The number of carbonyl (C=O) groups is 1. The number of phenols is 2. The summed E-state index contributed by atoms with van der Waals surface area (Å²) in [7, 11) is 0. The Morgan fingerprint density at radius 1 is 1.25 bits per heavy atom. The van der Waals surface area contributed by atoms with E-state index >= 15 is 0 Å². The Balaban J connectivity index is 0.000000385. The monoisotopic (exact) mass is 227 g/mol. The van der Waals surface area contributed by atoms with Gasteiger partial charge in [-0.25, -0.2) is 4.79 Å². The van der Waals surface area contributed by atoms with Crippen molar-refractivity contribution in [2.75, 3.05) is 13.1 Å². The molecule has 1 aromatic rings. The molecule has 1 aromatic carbocycles. The summed E-state index contributed by atoms with van der Waals surface area (Å²) < 4.78 is 0. The third-order valence-corrected chi connectivity index (χ3v) is 1.71. The quantitative estimate of drug-likeness (QED) is 0.586. The van der Waals surface area contributed by atoms with Crippen LogP contribution in [0.15, 0.2) is 18.2 Å². The highest BCUT2D eigenvalue weighted by Gasteiger charge is 2.08. The third kappa shape index (κ3) is 5.21. The predicted octanol–water partition coefficient (Wildman–Crippen LogP) is 1.41. The zero-order valence-corrected chi connectivity index (χ0v) is 9.40. The largest absolute Gasteiger partial charge is 0.508 e. The average Bonchev–Trinajstić information content (AvgIpc) is 2.23. The van der Waals surface area contributed by atoms with Gasteiger partial charge in [0.15, 0.2) is 0 Å². The fourth-order valence-electron chi connectivity index (χ4n) is 0.945. The molecule has 0 bridgehead atoms. The van der Waals surface area contributed by atoms with Gasteiger partial charge >= 0.3 is 5.97 Å². The van der Waals surface area contributed by atoms with Gasteiger partial charge in [0.05, 0.1) is 0 Å². The molecule has 5 heteroatoms. The molecule has 0 atom stereocenters. The molecule has 0 heterocycles. The number of carboxylic acids is 1. The van der Waals surface area contributed by atoms with Crippen molar-refractivity contribution < 1.29 is 20.1 Å². The van der Waals surface area contributed by atoms with E-state index in [4.69, 9.17) is 15.3 Å². The van der Waals surface area contributed by atoms with Crippen LogP contribution in [0.1, 0.15) is 24.2 Å². The first-order valence-electron chi connectivity index (χ1n) is 4.98. The minimum absolute atomic E-state index is 0.180. The first kappa shape index (κ1) is 14.2. The van der Waals surface area contributed by atoms with E-state index in [0.29, 0.717) is 0 Å². The molecule has 0 radical (unpaired) electrons. The van der Waals surface area contributed by atoms with Crippen LogP contribution in [0.25, 0.3) is 0 Å². The van der Waals surface area contributed by atoms with Gasteiger partial charge in [0.25, 0.3) is 0 Å². The summed E-state index contributed by atoms with van der Waals surface area (Å²) in [5.41, 5.74) is -0.301. The molecule has 0 aliphatic heterocycles. The maximum atomic E-state index is 10.3. The van der Waals surface area contributed by atoms with Crippen LogP contribution < -0.4 is 5.32 Å². The van der Waals surface area contributed by atoms with Crippen LogP contribution in [-0.4, -0.2) is 34.4 Å². The van der Waals surface area contributed by atoms with E-state index in [1.807, 2.05) is 0 Å². The minimum atomic E-state index is -1.27. The van der Waals surface area contributed by atoms with Crippen molar-refractivity contribution in [2.45, 2.75) is 13.8 Å². The number of benzene rings is 1. The molecule has 0 aromatic heterocycles. The molecule has 0 spiro atoms. The smallest absolute Gasteiger partial charge is 0.339 e. The molecule has 4 N–H and O–H groups in total. The van der Waals surface area contributed by atoms with Crippen molar-refractivity contribution in [3.05, 3.63) is 23.8 Å². The number of hydrogen-bond acceptors (Lipinski definition) is 4. The summed E-state index contributed by atoms with van der Waals surface area (Å²) in [6, 6.07) is 3.32. The maximum Gasteiger partial charge on any atom is 0.339 e. The number of phenolic OH excluding ortho intramolecular Hbond substituents is 1. The van der Waals surface area contributed by atoms with Crippen molar-refractivity contribution in [2.24, 2.45) is 0 Å². The van der Waals surface area contributed by atoms with Crippen LogP contribution in [0.3, 0.4) is 0 Å². The predicted molar refractivity (Wildman–Crippen MR) is 60.9 cm³/mol. The molecular weight excluding hydrogens is 210 g/mol. The van der Waals surface area contributed by atoms with Gasteiger partial charge in [-0.05, 0) is 31.3 Å². The molecule has 0 saturated heterocycles. The van der Waals surface area contributed by atoms with E-state index in [1.54, 1.807) is 0 Å². The Bertz CT molecular complexity index is 337. The molecule has 16 heavy (non-hydrogen) atoms. The molecule has 0 unspecified atom stereocenters. The van der Waals surface area contributed by atoms with Crippen molar-refractivity contribution in [3.63, 3.8) is 0 Å². The second-order valence-electron chi connectivity index (χ2n) is 2.96. The Morgan fingerprint density at radius 3 is 2.12 bits per heavy atom. The van der Waals surface area contributed by atoms with Gasteiger partial charge in [-0.1, -0.05) is 13.8 Å². The second kappa shape index (κ2) is 7.53.